The first-order valence-corrected chi connectivity index (χ1v) is 38.7. The highest BCUT2D eigenvalue weighted by Crippen LogP contribution is 2.48. The minimum atomic E-state index is -3.90. The third-order valence-corrected chi connectivity index (χ3v) is 23.0. The molecule has 10 rings (SSSR count). The molecule has 10 atom stereocenters. The number of nitrogens with one attached hydrogen (secondary N) is 6. The predicted octanol–water partition coefficient (Wildman–Crippen LogP) is 8.18. The molecule has 2 aromatic carbocycles. The lowest BCUT2D eigenvalue weighted by Crippen LogP contribution is -2.60. The van der Waals surface area contributed by atoms with Crippen LogP contribution in [-0.4, -0.2) is 186 Å². The average Bonchev–Trinajstić information content (AvgIpc) is 1.61. The Morgan fingerprint density at radius 2 is 0.981 bits per heavy atom. The lowest BCUT2D eigenvalue weighted by Gasteiger charge is -2.36. The van der Waals surface area contributed by atoms with Crippen molar-refractivity contribution < 1.29 is 84.0 Å². The molecule has 103 heavy (non-hydrogen) atoms. The number of aliphatic hydroxyl groups is 1. The van der Waals surface area contributed by atoms with E-state index in [0.29, 0.717) is 56.9 Å². The minimum Gasteiger partial charge on any atom is -0.493 e. The Labute approximate surface area is 622 Å². The van der Waals surface area contributed by atoms with Gasteiger partial charge >= 0.3 is 12.2 Å². The topological polar surface area (TPSA) is 376 Å². The number of carbonyl (C=O) groups is 8. The highest BCUT2D eigenvalue weighted by Gasteiger charge is 2.64. The maximum atomic E-state index is 14.5. The van der Waals surface area contributed by atoms with E-state index in [9.17, 15) is 60.3 Å². The summed E-state index contributed by atoms with van der Waals surface area (Å²) in [5, 5.41) is 23.5. The number of hydrogen-bond acceptors (Lipinski definition) is 20. The number of alkyl carbamates (subject to hydrolysis) is 2. The zero-order valence-electron chi connectivity index (χ0n) is 60.2. The monoisotopic (exact) mass is 1620 g/mol. The van der Waals surface area contributed by atoms with Gasteiger partial charge < -0.3 is 59.9 Å². The van der Waals surface area contributed by atoms with E-state index in [1.165, 1.54) is 29.1 Å². The Kier molecular flexibility index (Phi) is 24.4. The molecular formula is C70H93Br2ClN10O18S2. The number of ether oxygens (including phenoxy) is 5. The van der Waals surface area contributed by atoms with Crippen LogP contribution in [0.25, 0.3) is 21.5 Å². The van der Waals surface area contributed by atoms with Gasteiger partial charge in [0.25, 0.3) is 11.8 Å². The third-order valence-electron chi connectivity index (χ3n) is 18.0. The van der Waals surface area contributed by atoms with Crippen molar-refractivity contribution in [2.24, 2.45) is 22.7 Å². The first-order chi connectivity index (χ1) is 47.7. The highest BCUT2D eigenvalue weighted by molar-refractivity contribution is 9.10. The summed E-state index contributed by atoms with van der Waals surface area (Å²) >= 11 is 12.7. The number of fused-ring (bicyclic) bond motifs is 2. The Morgan fingerprint density at radius 1 is 0.602 bits per heavy atom. The smallest absolute Gasteiger partial charge is 0.408 e. The van der Waals surface area contributed by atoms with Crippen LogP contribution in [0.5, 0.6) is 17.4 Å². The number of carbonyl (C=O) groups excluding carboxylic acids is 8. The number of pyridine rings is 2. The van der Waals surface area contributed by atoms with Gasteiger partial charge in [-0.15, -0.1) is 13.2 Å². The van der Waals surface area contributed by atoms with E-state index in [2.05, 4.69) is 85.7 Å². The third kappa shape index (κ3) is 19.4. The van der Waals surface area contributed by atoms with Crippen LogP contribution in [0.3, 0.4) is 0 Å². The molecule has 33 heteroatoms. The number of amides is 8. The maximum absolute atomic E-state index is 14.5. The van der Waals surface area contributed by atoms with Crippen LogP contribution >= 0.6 is 43.5 Å². The molecule has 2 unspecified atom stereocenters. The van der Waals surface area contributed by atoms with Crippen molar-refractivity contribution in [2.45, 2.75) is 204 Å². The number of aliphatic hydroxyl groups excluding tert-OH is 1. The van der Waals surface area contributed by atoms with E-state index in [-0.39, 0.29) is 44.7 Å². The van der Waals surface area contributed by atoms with Crippen molar-refractivity contribution in [3.63, 3.8) is 0 Å². The lowest BCUT2D eigenvalue weighted by atomic mass is 9.85. The molecule has 6 aliphatic rings. The van der Waals surface area contributed by atoms with Gasteiger partial charge in [-0.25, -0.2) is 36.4 Å². The molecule has 2 saturated heterocycles. The second-order valence-electron chi connectivity index (χ2n) is 30.7. The van der Waals surface area contributed by atoms with Gasteiger partial charge in [0.2, 0.25) is 49.6 Å². The highest BCUT2D eigenvalue weighted by atomic mass is 79.9. The second-order valence-corrected chi connectivity index (χ2v) is 36.5. The summed E-state index contributed by atoms with van der Waals surface area (Å²) in [7, 11) is -4.61. The van der Waals surface area contributed by atoms with Gasteiger partial charge in [0.1, 0.15) is 62.3 Å². The molecule has 8 amide bonds. The molecule has 6 fully saturated rings. The van der Waals surface area contributed by atoms with Crippen molar-refractivity contribution in [2.75, 3.05) is 27.3 Å². The molecule has 4 aromatic rings. The SMILES string of the molecule is C=CC1C[C@]1(NC(=O)[C@@H]1C[C@@H](O)CN1C(=O)[C@@H](NC(=O)OC(C)(C)C)C(C)(C)C)C(=O)NS(=O)(=O)C1CC1.C=CC1C[C@]1(NC(=O)[C@@H]1C[C@@H](Oc2nc(Br)c(OC)c3ccccc23)CN1C(=O)[C@@H](NC(=O)OC(C)(C)C)C(C)(C)C)C(=O)NS(=O)(=O)C1CC1.COc1c(Br)nc(Cl)c2ccccc12. The summed E-state index contributed by atoms with van der Waals surface area (Å²) in [5.41, 5.74) is -6.30. The Bertz CT molecular complexity index is 4230. The maximum Gasteiger partial charge on any atom is 0.408 e. The van der Waals surface area contributed by atoms with Crippen LogP contribution in [0, 0.1) is 22.7 Å². The fourth-order valence-corrected chi connectivity index (χ4v) is 16.4. The fraction of sp³-hybridized carbons (Fsp3) is 0.571. The number of likely N-dealkylation sites (tertiary alicyclic amines) is 2. The molecule has 4 saturated carbocycles. The number of hydrogen-bond donors (Lipinski definition) is 7. The number of methoxy groups -OCH3 is 2. The van der Waals surface area contributed by atoms with E-state index in [1.807, 2.05) is 48.5 Å². The van der Waals surface area contributed by atoms with Gasteiger partial charge in [-0.05, 0) is 129 Å². The first kappa shape index (κ1) is 81.3. The molecule has 2 aliphatic heterocycles. The van der Waals surface area contributed by atoms with E-state index >= 15 is 0 Å². The normalized spacial score (nSPS) is 23.7. The minimum absolute atomic E-state index is 0.00262. The molecule has 28 nitrogen and oxygen atoms in total. The number of aromatic nitrogens is 2. The first-order valence-electron chi connectivity index (χ1n) is 33.6. The summed E-state index contributed by atoms with van der Waals surface area (Å²) < 4.78 is 83.2. The summed E-state index contributed by atoms with van der Waals surface area (Å²) in [5.74, 6) is -3.81. The zero-order chi connectivity index (χ0) is 76.7. The quantitative estimate of drug-likeness (QED) is 0.0324. The van der Waals surface area contributed by atoms with Gasteiger partial charge in [0.05, 0.1) is 37.4 Å². The van der Waals surface area contributed by atoms with Crippen LogP contribution < -0.4 is 44.9 Å². The molecule has 2 aromatic heterocycles. The van der Waals surface area contributed by atoms with Crippen LogP contribution in [-0.2, 0) is 58.3 Å². The standard InChI is InChI=1S/C35H46BrN5O9S.C25H40N4O8S.C10H7BrClNO/c1-9-19-17-35(19,31(44)40-51(46,47)21-14-15-21)39-28(42)24-16-20(49-29-23-13-11-10-12-22(23)25(48-8)27(36)38-29)18-41(24)30(43)26(33(2,3)4)37-32(45)50-34(5,6)7;1-8-14-12-25(14,21(33)28-38(35,36)16-9-10-16)27-19(31)17-11-15(30)13-29(17)20(32)18(23(2,3)4)26-22(34)37-24(5,6)7;1-14-8-6-4-2-3-5-7(6)10(12)13-9(8)11/h9-13,19-21,24,26H,1,14-18H2,2-8H3,(H,37,45)(H,39,42)(H,40,44);8,14-18,30H,1,9-13H2,2-7H3,(H,26,34)(H,27,31)(H,28,33);2-5H,1H3/t19?,20-,24+,26-,35-;14?,15-,17+,18-,25-;/m11./s1. The van der Waals surface area contributed by atoms with Gasteiger partial charge in [0.15, 0.2) is 16.1 Å². The second kappa shape index (κ2) is 31.0. The number of sulfonamides is 2. The molecule has 0 bridgehead atoms. The van der Waals surface area contributed by atoms with E-state index < -0.39 is 159 Å². The predicted molar refractivity (Wildman–Crippen MR) is 391 cm³/mol. The van der Waals surface area contributed by atoms with Crippen molar-refractivity contribution in [1.82, 2.24) is 50.5 Å². The van der Waals surface area contributed by atoms with Crippen LogP contribution in [0.15, 0.2) is 83.0 Å². The Balaban J connectivity index is 0.000000225. The van der Waals surface area contributed by atoms with E-state index in [4.69, 9.17) is 35.3 Å². The summed E-state index contributed by atoms with van der Waals surface area (Å²) in [4.78, 5) is 119. The number of benzene rings is 2. The van der Waals surface area contributed by atoms with Gasteiger partial charge in [0, 0.05) is 52.8 Å². The molecule has 564 valence electrons. The number of nitrogens with zero attached hydrogens (tertiary/aromatic N) is 4. The van der Waals surface area contributed by atoms with E-state index in [1.54, 1.807) is 90.2 Å². The lowest BCUT2D eigenvalue weighted by molar-refractivity contribution is -0.143. The van der Waals surface area contributed by atoms with Crippen molar-refractivity contribution in [3.8, 4) is 17.4 Å². The average molecular weight is 1620 g/mol. The number of β-amino-alcohol motifs (C(OH)–C–C–N with tert-alkyl or cyclic N) is 1. The Hall–Kier alpha value is -7.39. The van der Waals surface area contributed by atoms with Gasteiger partial charge in [-0.2, -0.15) is 0 Å². The fourth-order valence-electron chi connectivity index (χ4n) is 12.2. The van der Waals surface area contributed by atoms with Crippen molar-refractivity contribution in [1.29, 1.82) is 0 Å². The van der Waals surface area contributed by atoms with Crippen LogP contribution in [0.1, 0.15) is 134 Å². The molecule has 0 spiro atoms. The van der Waals surface area contributed by atoms with Crippen molar-refractivity contribution >= 4 is 133 Å². The summed E-state index contributed by atoms with van der Waals surface area (Å²) in [6, 6.07) is 10.5. The molecule has 0 radical (unpaired) electrons. The molecular weight excluding hydrogens is 1530 g/mol. The van der Waals surface area contributed by atoms with E-state index in [0.717, 1.165) is 16.2 Å². The largest absolute Gasteiger partial charge is 0.493 e. The van der Waals surface area contributed by atoms with Gasteiger partial charge in [-0.1, -0.05) is 108 Å². The number of halogens is 3. The molecule has 7 N–H and O–H groups in total. The summed E-state index contributed by atoms with van der Waals surface area (Å²) in [6.07, 6.45) is 1.64. The van der Waals surface area contributed by atoms with Crippen LogP contribution in [0.2, 0.25) is 5.15 Å². The summed E-state index contributed by atoms with van der Waals surface area (Å²) in [6.45, 7) is 27.9. The Morgan fingerprint density at radius 3 is 1.36 bits per heavy atom. The number of rotatable bonds is 20. The van der Waals surface area contributed by atoms with Crippen molar-refractivity contribution in [3.05, 3.63) is 88.2 Å². The zero-order valence-corrected chi connectivity index (χ0v) is 65.7. The van der Waals surface area contributed by atoms with Crippen LogP contribution in [0.4, 0.5) is 9.59 Å². The van der Waals surface area contributed by atoms with Gasteiger partial charge in [-0.3, -0.25) is 38.2 Å². The molecule has 4 heterocycles. The molecule has 4 aliphatic carbocycles.